The zero-order valence-corrected chi connectivity index (χ0v) is 21.3. The summed E-state index contributed by atoms with van der Waals surface area (Å²) in [5, 5.41) is 8.56. The number of likely N-dealkylation sites (N-methyl/N-ethyl adjacent to an activating group) is 1. The van der Waals surface area contributed by atoms with Crippen LogP contribution in [0.2, 0.25) is 0 Å². The van der Waals surface area contributed by atoms with Crippen LogP contribution in [0.5, 0.6) is 5.75 Å². The standard InChI is InChI=1S/C26H30N6O3S/c1-30(2)13-14-35-19-7-8-20-18(15-19)16-32(25(20)34)26-29-22(17-36-26)24(33)28-21-5-3-4-6-23(21)31-11-9-27-10-12-31/h3-8,15,17,27H,9-14,16H2,1-2H3,(H,28,33). The van der Waals surface area contributed by atoms with Crippen molar-refractivity contribution in [2.45, 2.75) is 6.54 Å². The molecule has 0 saturated carbocycles. The molecule has 2 aliphatic heterocycles. The molecule has 1 aromatic heterocycles. The quantitative estimate of drug-likeness (QED) is 0.486. The van der Waals surface area contributed by atoms with Gasteiger partial charge in [0.25, 0.3) is 11.8 Å². The Labute approximate surface area is 214 Å². The van der Waals surface area contributed by atoms with Crippen molar-refractivity contribution in [2.24, 2.45) is 0 Å². The van der Waals surface area contributed by atoms with Crippen molar-refractivity contribution in [1.29, 1.82) is 0 Å². The SMILES string of the molecule is CN(C)CCOc1ccc2c(c1)CN(c1nc(C(=O)Nc3ccccc3N3CCNCC3)cs1)C2=O. The fraction of sp³-hybridized carbons (Fsp3) is 0.346. The molecule has 9 nitrogen and oxygen atoms in total. The number of aromatic nitrogens is 1. The molecule has 188 valence electrons. The highest BCUT2D eigenvalue weighted by Gasteiger charge is 2.31. The van der Waals surface area contributed by atoms with E-state index in [2.05, 4.69) is 25.4 Å². The number of nitrogens with zero attached hydrogens (tertiary/aromatic N) is 4. The summed E-state index contributed by atoms with van der Waals surface area (Å²) in [6.45, 7) is 5.38. The predicted molar refractivity (Wildman–Crippen MR) is 143 cm³/mol. The summed E-state index contributed by atoms with van der Waals surface area (Å²) < 4.78 is 5.82. The first kappa shape index (κ1) is 24.2. The molecule has 3 heterocycles. The highest BCUT2D eigenvalue weighted by molar-refractivity contribution is 7.14. The molecular weight excluding hydrogens is 476 g/mol. The summed E-state index contributed by atoms with van der Waals surface area (Å²) >= 11 is 1.29. The third-order valence-corrected chi connectivity index (χ3v) is 7.12. The van der Waals surface area contributed by atoms with Gasteiger partial charge >= 0.3 is 0 Å². The molecule has 36 heavy (non-hydrogen) atoms. The van der Waals surface area contributed by atoms with Gasteiger partial charge < -0.3 is 25.2 Å². The lowest BCUT2D eigenvalue weighted by atomic mass is 10.1. The number of thiazole rings is 1. The van der Waals surface area contributed by atoms with Crippen molar-refractivity contribution >= 4 is 39.7 Å². The number of nitrogens with one attached hydrogen (secondary N) is 2. The lowest BCUT2D eigenvalue weighted by Crippen LogP contribution is -2.43. The summed E-state index contributed by atoms with van der Waals surface area (Å²) in [4.78, 5) is 36.5. The number of anilines is 3. The Kier molecular flexibility index (Phi) is 7.17. The number of carbonyl (C=O) groups is 2. The number of benzene rings is 2. The van der Waals surface area contributed by atoms with Gasteiger partial charge in [0.1, 0.15) is 18.1 Å². The third-order valence-electron chi connectivity index (χ3n) is 6.25. The lowest BCUT2D eigenvalue weighted by Gasteiger charge is -2.31. The second kappa shape index (κ2) is 10.7. The van der Waals surface area contributed by atoms with Crippen molar-refractivity contribution in [2.75, 3.05) is 68.5 Å². The second-order valence-corrected chi connectivity index (χ2v) is 9.92. The largest absolute Gasteiger partial charge is 0.492 e. The minimum atomic E-state index is -0.291. The Morgan fingerprint density at radius 3 is 2.81 bits per heavy atom. The van der Waals surface area contributed by atoms with Gasteiger partial charge in [-0.2, -0.15) is 0 Å². The molecule has 1 saturated heterocycles. The smallest absolute Gasteiger partial charge is 0.275 e. The van der Waals surface area contributed by atoms with Crippen LogP contribution in [0.15, 0.2) is 47.8 Å². The number of amides is 2. The number of para-hydroxylation sites is 2. The van der Waals surface area contributed by atoms with Gasteiger partial charge in [-0.15, -0.1) is 11.3 Å². The molecule has 0 bridgehead atoms. The molecule has 0 unspecified atom stereocenters. The first-order valence-electron chi connectivity index (χ1n) is 12.0. The zero-order valence-electron chi connectivity index (χ0n) is 20.5. The van der Waals surface area contributed by atoms with E-state index in [1.807, 2.05) is 50.5 Å². The number of hydrogen-bond donors (Lipinski definition) is 2. The zero-order chi connectivity index (χ0) is 25.1. The van der Waals surface area contributed by atoms with E-state index >= 15 is 0 Å². The number of fused-ring (bicyclic) bond motifs is 1. The Hall–Kier alpha value is -3.47. The molecule has 5 rings (SSSR count). The summed E-state index contributed by atoms with van der Waals surface area (Å²) in [6, 6.07) is 13.4. The minimum absolute atomic E-state index is 0.116. The van der Waals surface area contributed by atoms with E-state index in [1.165, 1.54) is 11.3 Å². The average molecular weight is 507 g/mol. The Bertz CT molecular complexity index is 1250. The van der Waals surface area contributed by atoms with Gasteiger partial charge in [0.05, 0.1) is 17.9 Å². The summed E-state index contributed by atoms with van der Waals surface area (Å²) in [5.74, 6) is 0.337. The number of carbonyl (C=O) groups excluding carboxylic acids is 2. The van der Waals surface area contributed by atoms with Crippen LogP contribution in [0.3, 0.4) is 0 Å². The van der Waals surface area contributed by atoms with Crippen molar-refractivity contribution < 1.29 is 14.3 Å². The van der Waals surface area contributed by atoms with Crippen LogP contribution in [-0.4, -0.2) is 75.1 Å². The van der Waals surface area contributed by atoms with Crippen LogP contribution < -0.4 is 25.2 Å². The van der Waals surface area contributed by atoms with Crippen LogP contribution in [0.25, 0.3) is 0 Å². The normalized spacial score (nSPS) is 15.4. The summed E-state index contributed by atoms with van der Waals surface area (Å²) in [6.07, 6.45) is 0. The Morgan fingerprint density at radius 2 is 2.00 bits per heavy atom. The molecule has 2 amide bonds. The van der Waals surface area contributed by atoms with Crippen LogP contribution >= 0.6 is 11.3 Å². The van der Waals surface area contributed by atoms with Gasteiger partial charge in [0, 0.05) is 43.7 Å². The molecule has 0 aliphatic carbocycles. The lowest BCUT2D eigenvalue weighted by molar-refractivity contribution is 0.0991. The Morgan fingerprint density at radius 1 is 1.19 bits per heavy atom. The monoisotopic (exact) mass is 506 g/mol. The molecule has 2 aromatic carbocycles. The number of hydrogen-bond acceptors (Lipinski definition) is 8. The van der Waals surface area contributed by atoms with Gasteiger partial charge in [0.15, 0.2) is 5.13 Å². The average Bonchev–Trinajstić information content (AvgIpc) is 3.50. The van der Waals surface area contributed by atoms with E-state index in [0.29, 0.717) is 29.5 Å². The molecular formula is C26H30N6O3S. The fourth-order valence-electron chi connectivity index (χ4n) is 4.33. The maximum Gasteiger partial charge on any atom is 0.275 e. The van der Waals surface area contributed by atoms with Crippen LogP contribution in [0, 0.1) is 0 Å². The van der Waals surface area contributed by atoms with E-state index in [1.54, 1.807) is 16.3 Å². The highest BCUT2D eigenvalue weighted by atomic mass is 32.1. The van der Waals surface area contributed by atoms with Crippen LogP contribution in [0.1, 0.15) is 26.4 Å². The third kappa shape index (κ3) is 5.20. The molecule has 0 radical (unpaired) electrons. The van der Waals surface area contributed by atoms with E-state index in [-0.39, 0.29) is 11.8 Å². The first-order valence-corrected chi connectivity index (χ1v) is 12.9. The van der Waals surface area contributed by atoms with Crippen LogP contribution in [0.4, 0.5) is 16.5 Å². The summed E-state index contributed by atoms with van der Waals surface area (Å²) in [5.41, 5.74) is 3.58. The van der Waals surface area contributed by atoms with Crippen LogP contribution in [-0.2, 0) is 6.54 Å². The second-order valence-electron chi connectivity index (χ2n) is 9.09. The molecule has 3 aromatic rings. The van der Waals surface area contributed by atoms with Gasteiger partial charge in [-0.1, -0.05) is 12.1 Å². The van der Waals surface area contributed by atoms with Crippen molar-refractivity contribution in [3.05, 3.63) is 64.7 Å². The maximum absolute atomic E-state index is 13.0. The van der Waals surface area contributed by atoms with E-state index in [4.69, 9.17) is 4.74 Å². The molecule has 2 aliphatic rings. The number of ether oxygens (including phenoxy) is 1. The molecule has 0 spiro atoms. The topological polar surface area (TPSA) is 90.0 Å². The molecule has 0 atom stereocenters. The van der Waals surface area contributed by atoms with Crippen molar-refractivity contribution in [3.8, 4) is 5.75 Å². The van der Waals surface area contributed by atoms with E-state index < -0.39 is 0 Å². The minimum Gasteiger partial charge on any atom is -0.492 e. The van der Waals surface area contributed by atoms with Crippen molar-refractivity contribution in [3.63, 3.8) is 0 Å². The first-order chi connectivity index (χ1) is 17.5. The highest BCUT2D eigenvalue weighted by Crippen LogP contribution is 2.33. The summed E-state index contributed by atoms with van der Waals surface area (Å²) in [7, 11) is 3.99. The fourth-order valence-corrected chi connectivity index (χ4v) is 5.13. The number of piperazine rings is 1. The van der Waals surface area contributed by atoms with E-state index in [9.17, 15) is 9.59 Å². The van der Waals surface area contributed by atoms with Gasteiger partial charge in [0.2, 0.25) is 0 Å². The van der Waals surface area contributed by atoms with Gasteiger partial charge in [-0.3, -0.25) is 14.5 Å². The number of rotatable bonds is 8. The van der Waals surface area contributed by atoms with Gasteiger partial charge in [-0.25, -0.2) is 4.98 Å². The molecule has 2 N–H and O–H groups in total. The maximum atomic E-state index is 13.0. The van der Waals surface area contributed by atoms with Gasteiger partial charge in [-0.05, 0) is 50.0 Å². The molecule has 1 fully saturated rings. The van der Waals surface area contributed by atoms with E-state index in [0.717, 1.165) is 55.4 Å². The predicted octanol–water partition coefficient (Wildman–Crippen LogP) is 2.91. The van der Waals surface area contributed by atoms with Crippen molar-refractivity contribution in [1.82, 2.24) is 15.2 Å². The molecule has 10 heteroatoms. The Balaban J connectivity index is 1.27.